The van der Waals surface area contributed by atoms with E-state index in [1.54, 1.807) is 6.07 Å². The zero-order valence-electron chi connectivity index (χ0n) is 10.2. The van der Waals surface area contributed by atoms with Gasteiger partial charge in [0.1, 0.15) is 11.6 Å². The minimum atomic E-state index is -0.621. The van der Waals surface area contributed by atoms with Crippen molar-refractivity contribution in [2.75, 3.05) is 12.4 Å². The van der Waals surface area contributed by atoms with Gasteiger partial charge in [-0.2, -0.15) is 4.98 Å². The van der Waals surface area contributed by atoms with Crippen molar-refractivity contribution >= 4 is 51.6 Å². The minimum Gasteiger partial charge on any atom is -0.355 e. The van der Waals surface area contributed by atoms with Gasteiger partial charge in [0.25, 0.3) is 5.91 Å². The fourth-order valence-electron chi connectivity index (χ4n) is 1.54. The summed E-state index contributed by atoms with van der Waals surface area (Å²) in [4.78, 5) is 19.6. The lowest BCUT2D eigenvalue weighted by Crippen LogP contribution is -2.21. The highest BCUT2D eigenvalue weighted by Crippen LogP contribution is 2.25. The Labute approximate surface area is 133 Å². The summed E-state index contributed by atoms with van der Waals surface area (Å²) in [6, 6.07) is 4.30. The maximum absolute atomic E-state index is 13.8. The molecule has 1 amide bonds. The maximum Gasteiger partial charge on any atom is 0.256 e. The van der Waals surface area contributed by atoms with Gasteiger partial charge in [0.05, 0.1) is 14.8 Å². The molecule has 0 aliphatic heterocycles. The molecule has 0 fully saturated rings. The van der Waals surface area contributed by atoms with E-state index < -0.39 is 11.7 Å². The van der Waals surface area contributed by atoms with E-state index in [0.717, 1.165) is 0 Å². The Kier molecular flexibility index (Phi) is 4.71. The summed E-state index contributed by atoms with van der Waals surface area (Å²) in [6.45, 7) is 0. The fourth-order valence-corrected chi connectivity index (χ4v) is 2.07. The first-order chi connectivity index (χ1) is 9.52. The Balaban J connectivity index is 2.46. The standard InChI is InChI=1S/C12H9ClFIN4O/c1-16-11(20)9-6(14)3-2-4-8(9)18-10-7(15)5-17-12(13)19-10/h2-5H,1H3,(H,16,20)(H,17,18,19). The van der Waals surface area contributed by atoms with Crippen LogP contribution < -0.4 is 10.6 Å². The van der Waals surface area contributed by atoms with Crippen molar-refractivity contribution in [2.24, 2.45) is 0 Å². The summed E-state index contributed by atoms with van der Waals surface area (Å²) in [7, 11) is 1.43. The van der Waals surface area contributed by atoms with E-state index in [9.17, 15) is 9.18 Å². The summed E-state index contributed by atoms with van der Waals surface area (Å²) < 4.78 is 14.5. The molecule has 0 saturated carbocycles. The molecule has 1 aromatic heterocycles. The number of carbonyl (C=O) groups excluding carboxylic acids is 1. The molecule has 0 unspecified atom stereocenters. The van der Waals surface area contributed by atoms with Crippen LogP contribution in [-0.2, 0) is 0 Å². The molecule has 0 bridgehead atoms. The van der Waals surface area contributed by atoms with Crippen LogP contribution in [0.5, 0.6) is 0 Å². The Bertz CT molecular complexity index is 668. The van der Waals surface area contributed by atoms with Crippen LogP contribution in [0.1, 0.15) is 10.4 Å². The van der Waals surface area contributed by atoms with Crippen molar-refractivity contribution in [3.63, 3.8) is 0 Å². The molecule has 0 saturated heterocycles. The van der Waals surface area contributed by atoms with Gasteiger partial charge in [-0.1, -0.05) is 6.07 Å². The normalized spacial score (nSPS) is 10.2. The third kappa shape index (κ3) is 3.15. The SMILES string of the molecule is CNC(=O)c1c(F)cccc1Nc1nc(Cl)ncc1I. The second-order valence-electron chi connectivity index (χ2n) is 3.70. The number of hydrogen-bond acceptors (Lipinski definition) is 4. The Hall–Kier alpha value is -1.48. The largest absolute Gasteiger partial charge is 0.355 e. The molecule has 104 valence electrons. The van der Waals surface area contributed by atoms with Gasteiger partial charge >= 0.3 is 0 Å². The molecule has 1 aromatic carbocycles. The van der Waals surface area contributed by atoms with Crippen molar-refractivity contribution in [1.82, 2.24) is 15.3 Å². The molecule has 0 spiro atoms. The topological polar surface area (TPSA) is 66.9 Å². The average Bonchev–Trinajstić information content (AvgIpc) is 2.42. The molecule has 2 N–H and O–H groups in total. The number of carbonyl (C=O) groups is 1. The molecule has 0 radical (unpaired) electrons. The van der Waals surface area contributed by atoms with Gasteiger partial charge in [0, 0.05) is 13.2 Å². The van der Waals surface area contributed by atoms with E-state index >= 15 is 0 Å². The lowest BCUT2D eigenvalue weighted by atomic mass is 10.1. The first kappa shape index (κ1) is 14.9. The van der Waals surface area contributed by atoms with Crippen molar-refractivity contribution in [3.05, 3.63) is 44.6 Å². The first-order valence-electron chi connectivity index (χ1n) is 5.48. The van der Waals surface area contributed by atoms with Crippen LogP contribution in [0.3, 0.4) is 0 Å². The number of hydrogen-bond donors (Lipinski definition) is 2. The molecule has 0 aliphatic carbocycles. The van der Waals surface area contributed by atoms with Gasteiger partial charge in [-0.05, 0) is 46.3 Å². The number of halogens is 3. The van der Waals surface area contributed by atoms with E-state index in [4.69, 9.17) is 11.6 Å². The lowest BCUT2D eigenvalue weighted by molar-refractivity contribution is 0.0960. The van der Waals surface area contributed by atoms with Crippen LogP contribution in [0.4, 0.5) is 15.9 Å². The molecule has 8 heteroatoms. The highest BCUT2D eigenvalue weighted by molar-refractivity contribution is 14.1. The van der Waals surface area contributed by atoms with Gasteiger partial charge < -0.3 is 10.6 Å². The van der Waals surface area contributed by atoms with E-state index in [0.29, 0.717) is 15.1 Å². The molecule has 1 heterocycles. The van der Waals surface area contributed by atoms with Crippen LogP contribution >= 0.6 is 34.2 Å². The highest BCUT2D eigenvalue weighted by atomic mass is 127. The van der Waals surface area contributed by atoms with Gasteiger partial charge in [-0.15, -0.1) is 0 Å². The highest BCUT2D eigenvalue weighted by Gasteiger charge is 2.16. The van der Waals surface area contributed by atoms with Crippen LogP contribution in [0, 0.1) is 9.39 Å². The van der Waals surface area contributed by atoms with Crippen LogP contribution in [0.25, 0.3) is 0 Å². The van der Waals surface area contributed by atoms with Crippen LogP contribution in [-0.4, -0.2) is 22.9 Å². The molecular formula is C12H9ClFIN4O. The zero-order chi connectivity index (χ0) is 14.7. The molecule has 0 atom stereocenters. The van der Waals surface area contributed by atoms with E-state index in [1.165, 1.54) is 25.4 Å². The fraction of sp³-hybridized carbons (Fsp3) is 0.0833. The molecule has 2 aromatic rings. The summed E-state index contributed by atoms with van der Waals surface area (Å²) in [5, 5.41) is 5.35. The number of benzene rings is 1. The number of aromatic nitrogens is 2. The van der Waals surface area contributed by atoms with E-state index in [2.05, 4.69) is 20.6 Å². The molecular weight excluding hydrogens is 398 g/mol. The average molecular weight is 407 g/mol. The Morgan fingerprint density at radius 1 is 1.45 bits per heavy atom. The van der Waals surface area contributed by atoms with Gasteiger partial charge in [0.15, 0.2) is 0 Å². The monoisotopic (exact) mass is 406 g/mol. The third-order valence-electron chi connectivity index (χ3n) is 2.44. The van der Waals surface area contributed by atoms with Crippen molar-refractivity contribution in [2.45, 2.75) is 0 Å². The maximum atomic E-state index is 13.8. The first-order valence-corrected chi connectivity index (χ1v) is 6.94. The molecule has 2 rings (SSSR count). The van der Waals surface area contributed by atoms with E-state index in [-0.39, 0.29) is 10.8 Å². The number of nitrogens with one attached hydrogen (secondary N) is 2. The van der Waals surface area contributed by atoms with Gasteiger partial charge in [-0.25, -0.2) is 9.37 Å². The second kappa shape index (κ2) is 6.31. The summed E-state index contributed by atoms with van der Waals surface area (Å²) in [6.07, 6.45) is 1.52. The number of rotatable bonds is 3. The summed E-state index contributed by atoms with van der Waals surface area (Å²) in [5.41, 5.74) is 0.220. The quantitative estimate of drug-likeness (QED) is 0.607. The molecule has 0 aliphatic rings. The van der Waals surface area contributed by atoms with Crippen LogP contribution in [0.15, 0.2) is 24.4 Å². The van der Waals surface area contributed by atoms with Gasteiger partial charge in [0.2, 0.25) is 5.28 Å². The minimum absolute atomic E-state index is 0.0609. The second-order valence-corrected chi connectivity index (χ2v) is 5.20. The molecule has 5 nitrogen and oxygen atoms in total. The number of nitrogens with zero attached hydrogens (tertiary/aromatic N) is 2. The predicted molar refractivity (Wildman–Crippen MR) is 82.8 cm³/mol. The molecule has 20 heavy (non-hydrogen) atoms. The Morgan fingerprint density at radius 2 is 2.20 bits per heavy atom. The zero-order valence-corrected chi connectivity index (χ0v) is 13.2. The van der Waals surface area contributed by atoms with Crippen molar-refractivity contribution < 1.29 is 9.18 Å². The number of anilines is 2. The smallest absolute Gasteiger partial charge is 0.256 e. The van der Waals surface area contributed by atoms with E-state index in [1.807, 2.05) is 22.6 Å². The Morgan fingerprint density at radius 3 is 2.90 bits per heavy atom. The summed E-state index contributed by atoms with van der Waals surface area (Å²) in [5.74, 6) is -0.744. The van der Waals surface area contributed by atoms with Gasteiger partial charge in [-0.3, -0.25) is 4.79 Å². The van der Waals surface area contributed by atoms with Crippen molar-refractivity contribution in [1.29, 1.82) is 0 Å². The van der Waals surface area contributed by atoms with Crippen LogP contribution in [0.2, 0.25) is 5.28 Å². The third-order valence-corrected chi connectivity index (χ3v) is 3.41. The number of amides is 1. The van der Waals surface area contributed by atoms with Crippen molar-refractivity contribution in [3.8, 4) is 0 Å². The predicted octanol–water partition coefficient (Wildman–Crippen LogP) is 2.98. The lowest BCUT2D eigenvalue weighted by Gasteiger charge is -2.12. The summed E-state index contributed by atoms with van der Waals surface area (Å²) >= 11 is 7.74.